The van der Waals surface area contributed by atoms with E-state index in [9.17, 15) is 0 Å². The van der Waals surface area contributed by atoms with Gasteiger partial charge in [-0.1, -0.05) is 40.5 Å². The van der Waals surface area contributed by atoms with Gasteiger partial charge in [-0.25, -0.2) is 0 Å². The Kier molecular flexibility index (Phi) is 4.94. The van der Waals surface area contributed by atoms with Crippen molar-refractivity contribution in [2.45, 2.75) is 71.9 Å². The van der Waals surface area contributed by atoms with Gasteiger partial charge in [0.1, 0.15) is 0 Å². The summed E-state index contributed by atoms with van der Waals surface area (Å²) in [6, 6.07) is 1.57. The lowest BCUT2D eigenvalue weighted by Crippen LogP contribution is -2.50. The largest absolute Gasteiger partial charge is 0.311 e. The van der Waals surface area contributed by atoms with Gasteiger partial charge in [0.25, 0.3) is 0 Å². The minimum absolute atomic E-state index is 0.781. The molecule has 1 heterocycles. The molecule has 14 heavy (non-hydrogen) atoms. The summed E-state index contributed by atoms with van der Waals surface area (Å²) in [6.45, 7) is 9.34. The molecular formula is C13H27N. The van der Waals surface area contributed by atoms with Gasteiger partial charge in [-0.15, -0.1) is 0 Å². The number of rotatable bonds is 4. The molecule has 1 aliphatic heterocycles. The third kappa shape index (κ3) is 2.50. The number of hydrogen-bond acceptors (Lipinski definition) is 1. The molecule has 0 aromatic rings. The summed E-state index contributed by atoms with van der Waals surface area (Å²) in [4.78, 5) is 0. The molecule has 0 bridgehead atoms. The van der Waals surface area contributed by atoms with Gasteiger partial charge in [0.15, 0.2) is 0 Å². The Morgan fingerprint density at radius 1 is 0.929 bits per heavy atom. The molecule has 4 unspecified atom stereocenters. The van der Waals surface area contributed by atoms with Crippen LogP contribution in [0.25, 0.3) is 0 Å². The molecule has 1 nitrogen and oxygen atoms in total. The Bertz CT molecular complexity index is 141. The Morgan fingerprint density at radius 3 is 2.07 bits per heavy atom. The first-order valence-electron chi connectivity index (χ1n) is 6.52. The second-order valence-electron chi connectivity index (χ2n) is 4.76. The molecule has 1 heteroatoms. The lowest BCUT2D eigenvalue weighted by atomic mass is 9.74. The van der Waals surface area contributed by atoms with E-state index < -0.39 is 0 Å². The maximum Gasteiger partial charge on any atom is 0.00978 e. The van der Waals surface area contributed by atoms with Crippen LogP contribution in [-0.2, 0) is 0 Å². The molecule has 0 amide bonds. The van der Waals surface area contributed by atoms with E-state index in [1.165, 1.54) is 32.1 Å². The molecule has 0 radical (unpaired) electrons. The van der Waals surface area contributed by atoms with Crippen molar-refractivity contribution >= 4 is 0 Å². The number of hydrogen-bond donors (Lipinski definition) is 1. The van der Waals surface area contributed by atoms with Crippen LogP contribution in [0.4, 0.5) is 0 Å². The van der Waals surface area contributed by atoms with Crippen LogP contribution >= 0.6 is 0 Å². The summed E-state index contributed by atoms with van der Waals surface area (Å²) in [7, 11) is 0. The molecule has 0 aromatic carbocycles. The van der Waals surface area contributed by atoms with Crippen LogP contribution in [0.2, 0.25) is 0 Å². The van der Waals surface area contributed by atoms with Gasteiger partial charge in [0, 0.05) is 12.1 Å². The van der Waals surface area contributed by atoms with Gasteiger partial charge in [0.05, 0.1) is 0 Å². The molecule has 0 aromatic heterocycles. The minimum Gasteiger partial charge on any atom is -0.311 e. The van der Waals surface area contributed by atoms with E-state index in [4.69, 9.17) is 0 Å². The highest BCUT2D eigenvalue weighted by molar-refractivity contribution is 4.89. The van der Waals surface area contributed by atoms with Gasteiger partial charge in [0.2, 0.25) is 0 Å². The zero-order valence-electron chi connectivity index (χ0n) is 10.3. The third-order valence-electron chi connectivity index (χ3n) is 4.09. The molecule has 0 spiro atoms. The predicted molar refractivity (Wildman–Crippen MR) is 63.5 cm³/mol. The second-order valence-corrected chi connectivity index (χ2v) is 4.76. The number of piperidine rings is 1. The highest BCUT2D eigenvalue weighted by Crippen LogP contribution is 2.33. The molecular weight excluding hydrogens is 170 g/mol. The van der Waals surface area contributed by atoms with E-state index in [1.807, 2.05) is 0 Å². The molecule has 1 N–H and O–H groups in total. The fourth-order valence-electron chi connectivity index (χ4n) is 3.16. The van der Waals surface area contributed by atoms with Crippen molar-refractivity contribution in [1.29, 1.82) is 0 Å². The smallest absolute Gasteiger partial charge is 0.00978 e. The van der Waals surface area contributed by atoms with Crippen LogP contribution in [0.1, 0.15) is 59.8 Å². The highest BCUT2D eigenvalue weighted by Gasteiger charge is 2.33. The van der Waals surface area contributed by atoms with Crippen molar-refractivity contribution < 1.29 is 0 Å². The quantitative estimate of drug-likeness (QED) is 0.726. The van der Waals surface area contributed by atoms with Crippen LogP contribution in [0.3, 0.4) is 0 Å². The topological polar surface area (TPSA) is 12.0 Å². The van der Waals surface area contributed by atoms with Crippen LogP contribution in [0.15, 0.2) is 0 Å². The maximum atomic E-state index is 3.82. The Morgan fingerprint density at radius 2 is 1.64 bits per heavy atom. The van der Waals surface area contributed by atoms with Crippen LogP contribution < -0.4 is 5.32 Å². The zero-order chi connectivity index (χ0) is 10.6. The summed E-state index contributed by atoms with van der Waals surface area (Å²) in [5.74, 6) is 1.89. The van der Waals surface area contributed by atoms with E-state index >= 15 is 0 Å². The molecule has 1 aliphatic rings. The first-order valence-corrected chi connectivity index (χ1v) is 6.52. The summed E-state index contributed by atoms with van der Waals surface area (Å²) >= 11 is 0. The van der Waals surface area contributed by atoms with Crippen molar-refractivity contribution in [3.05, 3.63) is 0 Å². The van der Waals surface area contributed by atoms with Gasteiger partial charge < -0.3 is 5.32 Å². The van der Waals surface area contributed by atoms with Gasteiger partial charge in [-0.05, 0) is 31.1 Å². The third-order valence-corrected chi connectivity index (χ3v) is 4.09. The van der Waals surface area contributed by atoms with E-state index in [2.05, 4.69) is 33.0 Å². The van der Waals surface area contributed by atoms with Crippen molar-refractivity contribution in [2.24, 2.45) is 11.8 Å². The number of nitrogens with one attached hydrogen (secondary N) is 1. The first-order chi connectivity index (χ1) is 6.76. The fourth-order valence-corrected chi connectivity index (χ4v) is 3.16. The van der Waals surface area contributed by atoms with Crippen molar-refractivity contribution in [1.82, 2.24) is 5.32 Å². The Labute approximate surface area is 89.7 Å². The molecule has 0 aliphatic carbocycles. The molecule has 1 rings (SSSR count). The van der Waals surface area contributed by atoms with Crippen molar-refractivity contribution in [3.8, 4) is 0 Å². The minimum atomic E-state index is 0.781. The fraction of sp³-hybridized carbons (Fsp3) is 1.00. The standard InChI is InChI=1S/C13H27N/c1-5-10-9-11(6-2)14-13(8-4)12(10)7-3/h10-14H,5-9H2,1-4H3. The van der Waals surface area contributed by atoms with E-state index in [-0.39, 0.29) is 0 Å². The molecule has 84 valence electrons. The van der Waals surface area contributed by atoms with Crippen LogP contribution in [0.5, 0.6) is 0 Å². The Hall–Kier alpha value is -0.0400. The lowest BCUT2D eigenvalue weighted by molar-refractivity contribution is 0.134. The molecule has 1 fully saturated rings. The average molecular weight is 197 g/mol. The summed E-state index contributed by atoms with van der Waals surface area (Å²) in [5, 5.41) is 3.82. The van der Waals surface area contributed by atoms with Gasteiger partial charge in [-0.2, -0.15) is 0 Å². The summed E-state index contributed by atoms with van der Waals surface area (Å²) in [5.41, 5.74) is 0. The highest BCUT2D eigenvalue weighted by atomic mass is 15.0. The molecule has 1 saturated heterocycles. The predicted octanol–water partition coefficient (Wildman–Crippen LogP) is 3.59. The maximum absolute atomic E-state index is 3.82. The normalized spacial score (nSPS) is 38.6. The monoisotopic (exact) mass is 197 g/mol. The van der Waals surface area contributed by atoms with E-state index in [0.29, 0.717) is 0 Å². The van der Waals surface area contributed by atoms with E-state index in [1.54, 1.807) is 0 Å². The van der Waals surface area contributed by atoms with Crippen LogP contribution in [0, 0.1) is 11.8 Å². The van der Waals surface area contributed by atoms with E-state index in [0.717, 1.165) is 23.9 Å². The first kappa shape index (κ1) is 12.0. The van der Waals surface area contributed by atoms with Crippen molar-refractivity contribution in [2.75, 3.05) is 0 Å². The van der Waals surface area contributed by atoms with Gasteiger partial charge >= 0.3 is 0 Å². The Balaban J connectivity index is 2.63. The van der Waals surface area contributed by atoms with Crippen LogP contribution in [-0.4, -0.2) is 12.1 Å². The van der Waals surface area contributed by atoms with Gasteiger partial charge in [-0.3, -0.25) is 0 Å². The molecule has 0 saturated carbocycles. The summed E-state index contributed by atoms with van der Waals surface area (Å²) in [6.07, 6.45) is 6.71. The lowest BCUT2D eigenvalue weighted by Gasteiger charge is -2.42. The zero-order valence-corrected chi connectivity index (χ0v) is 10.3. The second kappa shape index (κ2) is 5.75. The SMILES string of the molecule is CCC1CC(CC)C(CC)C(CC)N1. The average Bonchev–Trinajstić information content (AvgIpc) is 2.26. The molecule has 4 atom stereocenters. The van der Waals surface area contributed by atoms with Crippen molar-refractivity contribution in [3.63, 3.8) is 0 Å². The summed E-state index contributed by atoms with van der Waals surface area (Å²) < 4.78 is 0.